The number of halogens is 1. The molecule has 1 heterocycles. The van der Waals surface area contributed by atoms with Crippen molar-refractivity contribution >= 4 is 11.6 Å². The van der Waals surface area contributed by atoms with Crippen LogP contribution in [-0.2, 0) is 5.41 Å². The van der Waals surface area contributed by atoms with Crippen LogP contribution in [0.2, 0.25) is 5.15 Å². The minimum atomic E-state index is 0.0983. The molecule has 0 radical (unpaired) electrons. The molecule has 0 fully saturated rings. The van der Waals surface area contributed by atoms with E-state index < -0.39 is 0 Å². The van der Waals surface area contributed by atoms with Crippen LogP contribution in [0.4, 0.5) is 0 Å². The lowest BCUT2D eigenvalue weighted by Crippen LogP contribution is -2.10. The number of ether oxygens (including phenoxy) is 1. The smallest absolute Gasteiger partial charge is 0.220 e. The van der Waals surface area contributed by atoms with Gasteiger partial charge in [0.15, 0.2) is 0 Å². The molecule has 0 atom stereocenters. The Labute approximate surface area is 113 Å². The maximum atomic E-state index is 5.82. The summed E-state index contributed by atoms with van der Waals surface area (Å²) in [6, 6.07) is 13.4. The number of hydrogen-bond donors (Lipinski definition) is 0. The van der Waals surface area contributed by atoms with Crippen LogP contribution in [0, 0.1) is 0 Å². The molecule has 18 heavy (non-hydrogen) atoms. The number of hydrogen-bond acceptors (Lipinski definition) is 2. The SMILES string of the molecule is CC(C)(C)c1cccc(Oc2cccc(Cl)n2)c1. The molecular formula is C15H16ClNO. The maximum absolute atomic E-state index is 5.82. The van der Waals surface area contributed by atoms with Gasteiger partial charge in [0.25, 0.3) is 0 Å². The zero-order chi connectivity index (χ0) is 13.2. The molecule has 0 saturated carbocycles. The van der Waals surface area contributed by atoms with Crippen molar-refractivity contribution in [3.8, 4) is 11.6 Å². The molecule has 2 nitrogen and oxygen atoms in total. The van der Waals surface area contributed by atoms with E-state index in [-0.39, 0.29) is 5.41 Å². The van der Waals surface area contributed by atoms with Crippen LogP contribution >= 0.6 is 11.6 Å². The zero-order valence-electron chi connectivity index (χ0n) is 10.8. The fraction of sp³-hybridized carbons (Fsp3) is 0.267. The van der Waals surface area contributed by atoms with Gasteiger partial charge in [0.1, 0.15) is 10.9 Å². The van der Waals surface area contributed by atoms with E-state index in [1.807, 2.05) is 24.3 Å². The average Bonchev–Trinajstić information content (AvgIpc) is 2.28. The third-order valence-corrected chi connectivity index (χ3v) is 2.82. The molecule has 0 spiro atoms. The van der Waals surface area contributed by atoms with Gasteiger partial charge in [-0.2, -0.15) is 0 Å². The van der Waals surface area contributed by atoms with Crippen molar-refractivity contribution < 1.29 is 4.74 Å². The van der Waals surface area contributed by atoms with Gasteiger partial charge in [0, 0.05) is 6.07 Å². The van der Waals surface area contributed by atoms with Crippen LogP contribution in [0.25, 0.3) is 0 Å². The highest BCUT2D eigenvalue weighted by Gasteiger charge is 2.14. The molecule has 0 N–H and O–H groups in total. The van der Waals surface area contributed by atoms with Gasteiger partial charge in [-0.05, 0) is 29.2 Å². The fourth-order valence-corrected chi connectivity index (χ4v) is 1.75. The Hall–Kier alpha value is -1.54. The summed E-state index contributed by atoms with van der Waals surface area (Å²) < 4.78 is 5.70. The van der Waals surface area contributed by atoms with Gasteiger partial charge in [0.2, 0.25) is 5.88 Å². The van der Waals surface area contributed by atoms with Gasteiger partial charge < -0.3 is 4.74 Å². The topological polar surface area (TPSA) is 22.1 Å². The van der Waals surface area contributed by atoms with Crippen molar-refractivity contribution in [1.82, 2.24) is 4.98 Å². The van der Waals surface area contributed by atoms with Crippen molar-refractivity contribution in [2.24, 2.45) is 0 Å². The Morgan fingerprint density at radius 2 is 1.78 bits per heavy atom. The van der Waals surface area contributed by atoms with Crippen LogP contribution < -0.4 is 4.74 Å². The Balaban J connectivity index is 2.25. The predicted octanol–water partition coefficient (Wildman–Crippen LogP) is 4.82. The van der Waals surface area contributed by atoms with E-state index in [0.29, 0.717) is 11.0 Å². The standard InChI is InChI=1S/C15H16ClNO/c1-15(2,3)11-6-4-7-12(10-11)18-14-9-5-8-13(16)17-14/h4-10H,1-3H3. The second-order valence-corrected chi connectivity index (χ2v) is 5.57. The third-order valence-electron chi connectivity index (χ3n) is 2.61. The lowest BCUT2D eigenvalue weighted by molar-refractivity contribution is 0.460. The molecule has 0 aliphatic carbocycles. The molecule has 0 bridgehead atoms. The number of aromatic nitrogens is 1. The first-order valence-electron chi connectivity index (χ1n) is 5.86. The highest BCUT2D eigenvalue weighted by atomic mass is 35.5. The summed E-state index contributed by atoms with van der Waals surface area (Å²) in [5.41, 5.74) is 1.32. The minimum Gasteiger partial charge on any atom is -0.439 e. The van der Waals surface area contributed by atoms with Crippen LogP contribution in [0.5, 0.6) is 11.6 Å². The molecule has 2 aromatic rings. The third kappa shape index (κ3) is 3.23. The van der Waals surface area contributed by atoms with Crippen LogP contribution in [0.15, 0.2) is 42.5 Å². The molecule has 0 aliphatic heterocycles. The minimum absolute atomic E-state index is 0.0983. The van der Waals surface area contributed by atoms with E-state index in [9.17, 15) is 0 Å². The fourth-order valence-electron chi connectivity index (χ4n) is 1.59. The van der Waals surface area contributed by atoms with Gasteiger partial charge >= 0.3 is 0 Å². The zero-order valence-corrected chi connectivity index (χ0v) is 11.5. The molecule has 1 aromatic heterocycles. The van der Waals surface area contributed by atoms with Crippen LogP contribution in [0.3, 0.4) is 0 Å². The molecule has 0 saturated heterocycles. The molecular weight excluding hydrogens is 246 g/mol. The van der Waals surface area contributed by atoms with Gasteiger partial charge in [-0.25, -0.2) is 4.98 Å². The molecule has 0 unspecified atom stereocenters. The molecule has 0 amide bonds. The average molecular weight is 262 g/mol. The van der Waals surface area contributed by atoms with E-state index in [2.05, 4.69) is 31.8 Å². The number of benzene rings is 1. The van der Waals surface area contributed by atoms with Gasteiger partial charge in [0.05, 0.1) is 0 Å². The van der Waals surface area contributed by atoms with E-state index in [1.54, 1.807) is 12.1 Å². The summed E-state index contributed by atoms with van der Waals surface area (Å²) in [7, 11) is 0. The van der Waals surface area contributed by atoms with Crippen molar-refractivity contribution in [2.45, 2.75) is 26.2 Å². The Kier molecular flexibility index (Phi) is 3.58. The monoisotopic (exact) mass is 261 g/mol. The van der Waals surface area contributed by atoms with Crippen molar-refractivity contribution in [3.63, 3.8) is 0 Å². The van der Waals surface area contributed by atoms with Crippen LogP contribution in [-0.4, -0.2) is 4.98 Å². The summed E-state index contributed by atoms with van der Waals surface area (Å²) >= 11 is 5.82. The molecule has 3 heteroatoms. The number of pyridine rings is 1. The Morgan fingerprint density at radius 1 is 1.06 bits per heavy atom. The van der Waals surface area contributed by atoms with Crippen molar-refractivity contribution in [2.75, 3.05) is 0 Å². The lowest BCUT2D eigenvalue weighted by atomic mass is 9.87. The number of nitrogens with zero attached hydrogens (tertiary/aromatic N) is 1. The van der Waals surface area contributed by atoms with Crippen molar-refractivity contribution in [3.05, 3.63) is 53.2 Å². The second-order valence-electron chi connectivity index (χ2n) is 5.18. The highest BCUT2D eigenvalue weighted by Crippen LogP contribution is 2.28. The predicted molar refractivity (Wildman–Crippen MR) is 74.5 cm³/mol. The van der Waals surface area contributed by atoms with Gasteiger partial charge in [-0.15, -0.1) is 0 Å². The number of rotatable bonds is 2. The summed E-state index contributed by atoms with van der Waals surface area (Å²) in [6.07, 6.45) is 0. The Bertz CT molecular complexity index is 546. The first-order valence-corrected chi connectivity index (χ1v) is 6.24. The van der Waals surface area contributed by atoms with Crippen LogP contribution in [0.1, 0.15) is 26.3 Å². The van der Waals surface area contributed by atoms with E-state index in [4.69, 9.17) is 16.3 Å². The van der Waals surface area contributed by atoms with E-state index >= 15 is 0 Å². The highest BCUT2D eigenvalue weighted by molar-refractivity contribution is 6.29. The van der Waals surface area contributed by atoms with Crippen molar-refractivity contribution in [1.29, 1.82) is 0 Å². The lowest BCUT2D eigenvalue weighted by Gasteiger charge is -2.19. The quantitative estimate of drug-likeness (QED) is 0.723. The summed E-state index contributed by atoms with van der Waals surface area (Å²) in [4.78, 5) is 4.10. The summed E-state index contributed by atoms with van der Waals surface area (Å²) in [6.45, 7) is 6.51. The molecule has 2 rings (SSSR count). The molecule has 0 aliphatic rings. The first-order chi connectivity index (χ1) is 8.45. The largest absolute Gasteiger partial charge is 0.439 e. The first kappa shape index (κ1) is 12.9. The molecule has 94 valence electrons. The maximum Gasteiger partial charge on any atom is 0.220 e. The Morgan fingerprint density at radius 3 is 2.44 bits per heavy atom. The summed E-state index contributed by atoms with van der Waals surface area (Å²) in [5, 5.41) is 0.430. The molecule has 1 aromatic carbocycles. The van der Waals surface area contributed by atoms with E-state index in [1.165, 1.54) is 5.56 Å². The van der Waals surface area contributed by atoms with Gasteiger partial charge in [-0.3, -0.25) is 0 Å². The summed E-state index contributed by atoms with van der Waals surface area (Å²) in [5.74, 6) is 1.28. The normalized spacial score (nSPS) is 11.3. The second kappa shape index (κ2) is 4.99. The van der Waals surface area contributed by atoms with Gasteiger partial charge in [-0.1, -0.05) is 50.6 Å². The van der Waals surface area contributed by atoms with E-state index in [0.717, 1.165) is 5.75 Å².